The Bertz CT molecular complexity index is 411. The van der Waals surface area contributed by atoms with E-state index in [-0.39, 0.29) is 23.1 Å². The highest BCUT2D eigenvalue weighted by molar-refractivity contribution is 5.76. The summed E-state index contributed by atoms with van der Waals surface area (Å²) in [5.41, 5.74) is 0. The number of rotatable bonds is 19. The van der Waals surface area contributed by atoms with Crippen LogP contribution in [0.2, 0.25) is 0 Å². The maximum atomic E-state index is 12.2. The predicted octanol–water partition coefficient (Wildman–Crippen LogP) is 5.48. The molecule has 166 valence electrons. The van der Waals surface area contributed by atoms with Crippen LogP contribution in [0.5, 0.6) is 0 Å². The van der Waals surface area contributed by atoms with E-state index in [1.165, 1.54) is 70.6 Å². The zero-order chi connectivity index (χ0) is 21.3. The number of nitrogens with zero attached hydrogens (tertiary/aromatic N) is 1. The first-order valence-corrected chi connectivity index (χ1v) is 11.7. The average molecular weight is 400 g/mol. The molecule has 1 unspecified atom stereocenters. The lowest BCUT2D eigenvalue weighted by Gasteiger charge is -2.36. The maximum Gasteiger partial charge on any atom is 0.359 e. The molecule has 0 bridgehead atoms. The number of nitrogens with one attached hydrogen (secondary N) is 1. The third kappa shape index (κ3) is 14.9. The SMILES string of the molecule is CCCCCCCCCCCCCCCC(=O)NC(CC)[N+](C)(C)CC(=O)O. The van der Waals surface area contributed by atoms with Gasteiger partial charge in [0, 0.05) is 12.8 Å². The van der Waals surface area contributed by atoms with E-state index in [0.717, 1.165) is 19.3 Å². The first-order chi connectivity index (χ1) is 13.3. The smallest absolute Gasteiger partial charge is 0.359 e. The summed E-state index contributed by atoms with van der Waals surface area (Å²) in [5.74, 6) is -0.791. The summed E-state index contributed by atoms with van der Waals surface area (Å²) < 4.78 is 0.274. The highest BCUT2D eigenvalue weighted by atomic mass is 16.4. The topological polar surface area (TPSA) is 66.4 Å². The second kappa shape index (κ2) is 16.8. The number of hydrogen-bond acceptors (Lipinski definition) is 2. The van der Waals surface area contributed by atoms with E-state index < -0.39 is 5.97 Å². The van der Waals surface area contributed by atoms with Crippen molar-refractivity contribution in [3.05, 3.63) is 0 Å². The Morgan fingerprint density at radius 1 is 0.786 bits per heavy atom. The minimum Gasteiger partial charge on any atom is -0.477 e. The number of carbonyl (C=O) groups is 2. The molecule has 0 heterocycles. The Kier molecular flexibility index (Phi) is 16.2. The van der Waals surface area contributed by atoms with Crippen molar-refractivity contribution in [2.45, 2.75) is 116 Å². The number of unbranched alkanes of at least 4 members (excludes halogenated alkanes) is 12. The number of hydrogen-bond donors (Lipinski definition) is 2. The molecular weight excluding hydrogens is 352 g/mol. The molecule has 0 spiro atoms. The molecule has 5 heteroatoms. The van der Waals surface area contributed by atoms with Gasteiger partial charge in [-0.25, -0.2) is 4.79 Å². The Morgan fingerprint density at radius 2 is 1.21 bits per heavy atom. The highest BCUT2D eigenvalue weighted by Crippen LogP contribution is 2.13. The standard InChI is InChI=1S/C23H46N2O3/c1-5-7-8-9-10-11-12-13-14-15-16-17-18-19-22(26)24-21(6-2)25(3,4)20-23(27)28/h21H,5-20H2,1-4H3,(H-,24,26,27,28)/p+1. The average Bonchev–Trinajstić information content (AvgIpc) is 2.62. The zero-order valence-corrected chi connectivity index (χ0v) is 19.1. The number of amides is 1. The van der Waals surface area contributed by atoms with Crippen molar-refractivity contribution in [2.24, 2.45) is 0 Å². The van der Waals surface area contributed by atoms with Crippen molar-refractivity contribution in [1.82, 2.24) is 5.32 Å². The largest absolute Gasteiger partial charge is 0.477 e. The van der Waals surface area contributed by atoms with Crippen molar-refractivity contribution >= 4 is 11.9 Å². The first-order valence-electron chi connectivity index (χ1n) is 11.7. The van der Waals surface area contributed by atoms with Gasteiger partial charge in [0.1, 0.15) is 0 Å². The summed E-state index contributed by atoms with van der Waals surface area (Å²) in [7, 11) is 3.71. The summed E-state index contributed by atoms with van der Waals surface area (Å²) in [6.07, 6.45) is 18.0. The molecule has 0 fully saturated rings. The molecule has 1 atom stereocenters. The van der Waals surface area contributed by atoms with Crippen LogP contribution in [0.25, 0.3) is 0 Å². The van der Waals surface area contributed by atoms with Crippen molar-refractivity contribution in [3.8, 4) is 0 Å². The van der Waals surface area contributed by atoms with Gasteiger partial charge in [0.25, 0.3) is 0 Å². The van der Waals surface area contributed by atoms with E-state index in [4.69, 9.17) is 5.11 Å². The molecule has 0 radical (unpaired) electrons. The van der Waals surface area contributed by atoms with Crippen LogP contribution in [-0.4, -0.2) is 48.3 Å². The van der Waals surface area contributed by atoms with Gasteiger partial charge in [-0.05, 0) is 6.42 Å². The molecule has 0 aliphatic carbocycles. The Labute approximate surface area is 173 Å². The fraction of sp³-hybridized carbons (Fsp3) is 0.913. The molecule has 2 N–H and O–H groups in total. The first kappa shape index (κ1) is 26.9. The lowest BCUT2D eigenvalue weighted by molar-refractivity contribution is -0.910. The molecule has 0 aliphatic rings. The Morgan fingerprint density at radius 3 is 1.61 bits per heavy atom. The lowest BCUT2D eigenvalue weighted by atomic mass is 10.0. The minimum atomic E-state index is -0.839. The lowest BCUT2D eigenvalue weighted by Crippen LogP contribution is -2.59. The molecule has 5 nitrogen and oxygen atoms in total. The molecule has 0 rings (SSSR count). The second-order valence-electron chi connectivity index (χ2n) is 8.81. The van der Waals surface area contributed by atoms with Gasteiger partial charge in [-0.3, -0.25) is 9.28 Å². The van der Waals surface area contributed by atoms with Gasteiger partial charge in [-0.2, -0.15) is 0 Å². The quantitative estimate of drug-likeness (QED) is 0.172. The fourth-order valence-electron chi connectivity index (χ4n) is 3.79. The summed E-state index contributed by atoms with van der Waals surface area (Å²) in [6.45, 7) is 4.26. The van der Waals surface area contributed by atoms with E-state index in [1.807, 2.05) is 21.0 Å². The van der Waals surface area contributed by atoms with Crippen LogP contribution in [0.1, 0.15) is 110 Å². The van der Waals surface area contributed by atoms with Crippen molar-refractivity contribution < 1.29 is 19.2 Å². The Balaban J connectivity index is 3.65. The second-order valence-corrected chi connectivity index (χ2v) is 8.81. The van der Waals surface area contributed by atoms with E-state index in [9.17, 15) is 9.59 Å². The van der Waals surface area contributed by atoms with Crippen LogP contribution in [0, 0.1) is 0 Å². The molecule has 0 aliphatic heterocycles. The predicted molar refractivity (Wildman–Crippen MR) is 117 cm³/mol. The molecule has 0 aromatic rings. The van der Waals surface area contributed by atoms with Crippen LogP contribution in [-0.2, 0) is 9.59 Å². The van der Waals surface area contributed by atoms with Gasteiger partial charge in [-0.15, -0.1) is 0 Å². The van der Waals surface area contributed by atoms with Crippen LogP contribution < -0.4 is 5.32 Å². The van der Waals surface area contributed by atoms with Gasteiger partial charge >= 0.3 is 5.97 Å². The molecule has 28 heavy (non-hydrogen) atoms. The third-order valence-electron chi connectivity index (χ3n) is 5.61. The monoisotopic (exact) mass is 399 g/mol. The molecule has 1 amide bonds. The van der Waals surface area contributed by atoms with Crippen molar-refractivity contribution in [1.29, 1.82) is 0 Å². The van der Waals surface area contributed by atoms with Gasteiger partial charge < -0.3 is 10.4 Å². The zero-order valence-electron chi connectivity index (χ0n) is 19.1. The van der Waals surface area contributed by atoms with Crippen LogP contribution in [0.15, 0.2) is 0 Å². The summed E-state index contributed by atoms with van der Waals surface area (Å²) in [6, 6.07) is 0. The van der Waals surface area contributed by atoms with E-state index in [2.05, 4.69) is 12.2 Å². The number of likely N-dealkylation sites (N-methyl/N-ethyl adjacent to an activating group) is 1. The normalized spacial score (nSPS) is 12.7. The highest BCUT2D eigenvalue weighted by Gasteiger charge is 2.30. The molecule has 0 saturated heterocycles. The van der Waals surface area contributed by atoms with Crippen LogP contribution in [0.4, 0.5) is 0 Å². The van der Waals surface area contributed by atoms with Crippen molar-refractivity contribution in [2.75, 3.05) is 20.6 Å². The number of carboxylic acids is 1. The third-order valence-corrected chi connectivity index (χ3v) is 5.61. The number of carbonyl (C=O) groups excluding carboxylic acids is 1. The number of aliphatic carboxylic acids is 1. The van der Waals surface area contributed by atoms with E-state index >= 15 is 0 Å². The van der Waals surface area contributed by atoms with Gasteiger partial charge in [0.15, 0.2) is 12.7 Å². The van der Waals surface area contributed by atoms with E-state index in [1.54, 1.807) is 0 Å². The van der Waals surface area contributed by atoms with Crippen molar-refractivity contribution in [3.63, 3.8) is 0 Å². The molecule has 0 saturated carbocycles. The molecular formula is C23H47N2O3+. The van der Waals surface area contributed by atoms with Gasteiger partial charge in [0.05, 0.1) is 14.1 Å². The van der Waals surface area contributed by atoms with Crippen LogP contribution in [0.3, 0.4) is 0 Å². The maximum absolute atomic E-state index is 12.2. The number of quaternary nitrogens is 1. The summed E-state index contributed by atoms with van der Waals surface area (Å²) in [4.78, 5) is 23.2. The summed E-state index contributed by atoms with van der Waals surface area (Å²) >= 11 is 0. The Hall–Kier alpha value is -1.10. The van der Waals surface area contributed by atoms with Gasteiger partial charge in [0.2, 0.25) is 5.91 Å². The van der Waals surface area contributed by atoms with Gasteiger partial charge in [-0.1, -0.05) is 90.9 Å². The van der Waals surface area contributed by atoms with E-state index in [0.29, 0.717) is 6.42 Å². The number of carboxylic acid groups (broad SMARTS) is 1. The minimum absolute atomic E-state index is 0.0114. The summed E-state index contributed by atoms with van der Waals surface area (Å²) in [5, 5.41) is 12.1. The molecule has 0 aromatic carbocycles. The fourth-order valence-corrected chi connectivity index (χ4v) is 3.79. The van der Waals surface area contributed by atoms with Crippen LogP contribution >= 0.6 is 0 Å². The molecule has 0 aromatic heterocycles.